The van der Waals surface area contributed by atoms with Crippen LogP contribution in [0, 0.1) is 11.7 Å². The van der Waals surface area contributed by atoms with E-state index in [0.29, 0.717) is 18.0 Å². The maximum atomic E-state index is 13.3. The molecule has 2 nitrogen and oxygen atoms in total. The minimum absolute atomic E-state index is 0.119. The molecular weight excluding hydrogens is 358 g/mol. The molecule has 0 spiro atoms. The minimum atomic E-state index is -4.50. The smallest absolute Gasteiger partial charge is 0.381 e. The molecular formula is C21H29F4NO. The van der Waals surface area contributed by atoms with Crippen molar-refractivity contribution in [3.05, 3.63) is 35.1 Å². The monoisotopic (exact) mass is 387 g/mol. The van der Waals surface area contributed by atoms with Gasteiger partial charge in [0.1, 0.15) is 5.82 Å². The molecule has 0 amide bonds. The first kappa shape index (κ1) is 20.6. The number of ether oxygens (including phenoxy) is 1. The average Bonchev–Trinajstić information content (AvgIpc) is 2.66. The quantitative estimate of drug-likeness (QED) is 0.608. The number of halogens is 4. The van der Waals surface area contributed by atoms with E-state index in [1.807, 2.05) is 0 Å². The highest BCUT2D eigenvalue weighted by Crippen LogP contribution is 2.42. The molecule has 1 aliphatic carbocycles. The molecule has 0 aromatic heterocycles. The van der Waals surface area contributed by atoms with Gasteiger partial charge in [-0.1, -0.05) is 6.07 Å². The summed E-state index contributed by atoms with van der Waals surface area (Å²) in [6.45, 7) is 2.70. The van der Waals surface area contributed by atoms with Crippen molar-refractivity contribution >= 4 is 0 Å². The number of benzene rings is 1. The van der Waals surface area contributed by atoms with Crippen LogP contribution in [0.3, 0.4) is 0 Å². The molecule has 27 heavy (non-hydrogen) atoms. The summed E-state index contributed by atoms with van der Waals surface area (Å²) in [6.07, 6.45) is 2.14. The molecule has 0 unspecified atom stereocenters. The highest BCUT2D eigenvalue weighted by Gasteiger charge is 2.36. The molecule has 1 heterocycles. The second kappa shape index (κ2) is 8.91. The van der Waals surface area contributed by atoms with Crippen molar-refractivity contribution in [2.75, 3.05) is 26.8 Å². The van der Waals surface area contributed by atoms with Crippen LogP contribution >= 0.6 is 0 Å². The van der Waals surface area contributed by atoms with Gasteiger partial charge < -0.3 is 9.64 Å². The van der Waals surface area contributed by atoms with E-state index in [1.165, 1.54) is 6.07 Å². The Labute approximate surface area is 158 Å². The number of hydrogen-bond acceptors (Lipinski definition) is 2. The number of alkyl halides is 3. The van der Waals surface area contributed by atoms with Gasteiger partial charge in [0.05, 0.1) is 5.56 Å². The molecule has 2 aliphatic rings. The molecule has 2 fully saturated rings. The SMILES string of the molecule is CN(CC[C@H]1CC[C@@H](c2ccc(F)cc2C(F)(F)F)CC1)C1CCOCC1. The lowest BCUT2D eigenvalue weighted by molar-refractivity contribution is -0.138. The lowest BCUT2D eigenvalue weighted by Gasteiger charge is -2.34. The van der Waals surface area contributed by atoms with E-state index in [-0.39, 0.29) is 11.5 Å². The molecule has 0 N–H and O–H groups in total. The van der Waals surface area contributed by atoms with Crippen LogP contribution in [0.5, 0.6) is 0 Å². The first-order chi connectivity index (χ1) is 12.8. The topological polar surface area (TPSA) is 12.5 Å². The van der Waals surface area contributed by atoms with Gasteiger partial charge in [0.25, 0.3) is 0 Å². The second-order valence-corrected chi connectivity index (χ2v) is 8.06. The third-order valence-corrected chi connectivity index (χ3v) is 6.31. The van der Waals surface area contributed by atoms with Crippen molar-refractivity contribution in [3.8, 4) is 0 Å². The normalized spacial score (nSPS) is 25.1. The fourth-order valence-electron chi connectivity index (χ4n) is 4.59. The van der Waals surface area contributed by atoms with Crippen LogP contribution in [0.15, 0.2) is 18.2 Å². The van der Waals surface area contributed by atoms with Gasteiger partial charge in [0.15, 0.2) is 0 Å². The number of rotatable bonds is 5. The Bertz CT molecular complexity index is 605. The van der Waals surface area contributed by atoms with Gasteiger partial charge in [-0.3, -0.25) is 0 Å². The molecule has 0 radical (unpaired) electrons. The van der Waals surface area contributed by atoms with E-state index in [1.54, 1.807) is 0 Å². The number of hydrogen-bond donors (Lipinski definition) is 0. The van der Waals surface area contributed by atoms with Gasteiger partial charge in [0.2, 0.25) is 0 Å². The van der Waals surface area contributed by atoms with Crippen molar-refractivity contribution < 1.29 is 22.3 Å². The third kappa shape index (κ3) is 5.44. The minimum Gasteiger partial charge on any atom is -0.381 e. The Balaban J connectivity index is 1.52. The van der Waals surface area contributed by atoms with Crippen molar-refractivity contribution in [1.82, 2.24) is 4.90 Å². The first-order valence-electron chi connectivity index (χ1n) is 9.99. The van der Waals surface area contributed by atoms with Crippen molar-refractivity contribution in [1.29, 1.82) is 0 Å². The third-order valence-electron chi connectivity index (χ3n) is 6.31. The highest BCUT2D eigenvalue weighted by molar-refractivity contribution is 5.33. The average molecular weight is 387 g/mol. The zero-order valence-corrected chi connectivity index (χ0v) is 15.9. The molecule has 6 heteroatoms. The van der Waals surface area contributed by atoms with Crippen molar-refractivity contribution in [2.24, 2.45) is 5.92 Å². The van der Waals surface area contributed by atoms with Crippen LogP contribution in [0.2, 0.25) is 0 Å². The van der Waals surface area contributed by atoms with Gasteiger partial charge in [-0.05, 0) is 88.1 Å². The Kier molecular flexibility index (Phi) is 6.79. The first-order valence-corrected chi connectivity index (χ1v) is 9.99. The summed E-state index contributed by atoms with van der Waals surface area (Å²) in [4.78, 5) is 2.41. The van der Waals surface area contributed by atoms with Crippen LogP contribution in [-0.2, 0) is 10.9 Å². The molecule has 1 aromatic rings. The summed E-state index contributed by atoms with van der Waals surface area (Å²) in [7, 11) is 2.16. The van der Waals surface area contributed by atoms with Crippen LogP contribution in [0.4, 0.5) is 17.6 Å². The summed E-state index contributed by atoms with van der Waals surface area (Å²) in [5.74, 6) is -0.374. The van der Waals surface area contributed by atoms with E-state index in [4.69, 9.17) is 4.74 Å². The summed E-state index contributed by atoms with van der Waals surface area (Å²) in [6, 6.07) is 3.72. The van der Waals surface area contributed by atoms with Crippen LogP contribution in [0.25, 0.3) is 0 Å². The maximum absolute atomic E-state index is 13.3. The Morgan fingerprint density at radius 3 is 2.33 bits per heavy atom. The van der Waals surface area contributed by atoms with Gasteiger partial charge in [-0.25, -0.2) is 4.39 Å². The molecule has 0 bridgehead atoms. The largest absolute Gasteiger partial charge is 0.416 e. The van der Waals surface area contributed by atoms with E-state index >= 15 is 0 Å². The Morgan fingerprint density at radius 1 is 1.04 bits per heavy atom. The van der Waals surface area contributed by atoms with Gasteiger partial charge in [-0.15, -0.1) is 0 Å². The molecule has 1 saturated heterocycles. The molecule has 1 saturated carbocycles. The fourth-order valence-corrected chi connectivity index (χ4v) is 4.59. The summed E-state index contributed by atoms with van der Waals surface area (Å²) in [5.41, 5.74) is -0.535. The standard InChI is InChI=1S/C21H29F4NO/c1-26(18-9-12-27-13-10-18)11-8-15-2-4-16(5-3-15)19-7-6-17(22)14-20(19)21(23,24)25/h6-7,14-16,18H,2-5,8-13H2,1H3/t15-,16+. The highest BCUT2D eigenvalue weighted by atomic mass is 19.4. The summed E-state index contributed by atoms with van der Waals surface area (Å²) < 4.78 is 58.5. The zero-order chi connectivity index (χ0) is 19.4. The van der Waals surface area contributed by atoms with Crippen LogP contribution in [-0.4, -0.2) is 37.7 Å². The van der Waals surface area contributed by atoms with Crippen LogP contribution in [0.1, 0.15) is 62.0 Å². The van der Waals surface area contributed by atoms with Crippen molar-refractivity contribution in [3.63, 3.8) is 0 Å². The zero-order valence-electron chi connectivity index (χ0n) is 15.9. The molecule has 1 aliphatic heterocycles. The molecule has 0 atom stereocenters. The van der Waals surface area contributed by atoms with Crippen LogP contribution < -0.4 is 0 Å². The van der Waals surface area contributed by atoms with E-state index in [2.05, 4.69) is 11.9 Å². The predicted molar refractivity (Wildman–Crippen MR) is 97.2 cm³/mol. The lowest BCUT2D eigenvalue weighted by atomic mass is 9.76. The van der Waals surface area contributed by atoms with E-state index in [0.717, 1.165) is 70.8 Å². The van der Waals surface area contributed by atoms with Crippen molar-refractivity contribution in [2.45, 2.75) is 63.1 Å². The number of nitrogens with zero attached hydrogens (tertiary/aromatic N) is 1. The molecule has 1 aromatic carbocycles. The second-order valence-electron chi connectivity index (χ2n) is 8.06. The Hall–Kier alpha value is -1.14. The van der Waals surface area contributed by atoms with E-state index < -0.39 is 17.6 Å². The lowest BCUT2D eigenvalue weighted by Crippen LogP contribution is -2.37. The molecule has 152 valence electrons. The van der Waals surface area contributed by atoms with Gasteiger partial charge in [-0.2, -0.15) is 13.2 Å². The van der Waals surface area contributed by atoms with Gasteiger partial charge in [0, 0.05) is 19.3 Å². The summed E-state index contributed by atoms with van der Waals surface area (Å²) >= 11 is 0. The fraction of sp³-hybridized carbons (Fsp3) is 0.714. The van der Waals surface area contributed by atoms with E-state index in [9.17, 15) is 17.6 Å². The van der Waals surface area contributed by atoms with Gasteiger partial charge >= 0.3 is 6.18 Å². The molecule has 3 rings (SSSR count). The maximum Gasteiger partial charge on any atom is 0.416 e. The predicted octanol–water partition coefficient (Wildman–Crippen LogP) is 5.62. The summed E-state index contributed by atoms with van der Waals surface area (Å²) in [5, 5.41) is 0. The Morgan fingerprint density at radius 2 is 1.70 bits per heavy atom.